The minimum Gasteiger partial charge on any atom is -0.313 e. The van der Waals surface area contributed by atoms with Gasteiger partial charge in [0.05, 0.1) is 6.54 Å². The fraction of sp³-hybridized carbons (Fsp3) is 0.333. The second kappa shape index (κ2) is 6.57. The zero-order valence-electron chi connectivity index (χ0n) is 15.2. The zero-order valence-corrected chi connectivity index (χ0v) is 15.2. The third-order valence-electron chi connectivity index (χ3n) is 5.45. The van der Waals surface area contributed by atoms with Gasteiger partial charge in [-0.25, -0.2) is 9.69 Å². The number of anilines is 1. The van der Waals surface area contributed by atoms with Gasteiger partial charge >= 0.3 is 6.03 Å². The van der Waals surface area contributed by atoms with Crippen molar-refractivity contribution in [2.24, 2.45) is 0 Å². The summed E-state index contributed by atoms with van der Waals surface area (Å²) in [5.74, 6) is -0.109. The largest absolute Gasteiger partial charge is 0.336 e. The first kappa shape index (κ1) is 16.8. The lowest BCUT2D eigenvalue weighted by molar-refractivity contribution is -0.923. The lowest BCUT2D eigenvalue weighted by Crippen LogP contribution is -3.13. The molecule has 0 radical (unpaired) electrons. The first-order chi connectivity index (χ1) is 12.5. The van der Waals surface area contributed by atoms with Crippen LogP contribution in [0.25, 0.3) is 0 Å². The SMILES string of the molecule is Cc1ccc(N2C(=O)N(C[NH+]3CCc4ccccc4C3)C(=O)[C@H]2C)cc1. The molecule has 0 aliphatic carbocycles. The van der Waals surface area contributed by atoms with Crippen molar-refractivity contribution >= 4 is 17.6 Å². The molecular formula is C21H24N3O2+. The molecule has 2 heterocycles. The number of benzene rings is 2. The Hall–Kier alpha value is -2.66. The Morgan fingerprint density at radius 1 is 1.04 bits per heavy atom. The van der Waals surface area contributed by atoms with Gasteiger partial charge in [0.1, 0.15) is 12.6 Å². The summed E-state index contributed by atoms with van der Waals surface area (Å²) in [5, 5.41) is 0. The number of fused-ring (bicyclic) bond motifs is 1. The number of amides is 3. The highest BCUT2D eigenvalue weighted by atomic mass is 16.2. The highest BCUT2D eigenvalue weighted by Gasteiger charge is 2.45. The Balaban J connectivity index is 1.52. The van der Waals surface area contributed by atoms with Crippen LogP contribution in [0.3, 0.4) is 0 Å². The summed E-state index contributed by atoms with van der Waals surface area (Å²) in [5.41, 5.74) is 4.61. The van der Waals surface area contributed by atoms with Gasteiger partial charge in [-0.15, -0.1) is 0 Å². The van der Waals surface area contributed by atoms with Crippen molar-refractivity contribution in [3.8, 4) is 0 Å². The number of rotatable bonds is 3. The van der Waals surface area contributed by atoms with Gasteiger partial charge in [-0.1, -0.05) is 42.0 Å². The summed E-state index contributed by atoms with van der Waals surface area (Å²) in [6, 6.07) is 15.5. The van der Waals surface area contributed by atoms with Gasteiger partial charge in [0.2, 0.25) is 0 Å². The number of hydrogen-bond donors (Lipinski definition) is 1. The standard InChI is InChI=1S/C21H23N3O2/c1-15-7-9-19(10-8-15)24-16(2)20(25)23(21(24)26)14-22-12-11-17-5-3-4-6-18(17)13-22/h3-10,16H,11-14H2,1-2H3/p+1/t16-/m1/s1. The average molecular weight is 350 g/mol. The predicted molar refractivity (Wildman–Crippen MR) is 99.9 cm³/mol. The smallest absolute Gasteiger partial charge is 0.313 e. The minimum absolute atomic E-state index is 0.109. The van der Waals surface area contributed by atoms with Gasteiger partial charge in [-0.2, -0.15) is 0 Å². The Kier molecular flexibility index (Phi) is 4.24. The third kappa shape index (κ3) is 2.88. The number of quaternary nitrogens is 1. The monoisotopic (exact) mass is 350 g/mol. The van der Waals surface area contributed by atoms with E-state index in [-0.39, 0.29) is 11.9 Å². The summed E-state index contributed by atoms with van der Waals surface area (Å²) < 4.78 is 0. The third-order valence-corrected chi connectivity index (χ3v) is 5.45. The molecule has 0 bridgehead atoms. The van der Waals surface area contributed by atoms with Crippen LogP contribution in [0.4, 0.5) is 10.5 Å². The number of carbonyl (C=O) groups excluding carboxylic acids is 2. The van der Waals surface area contributed by atoms with Gasteiger partial charge in [0.15, 0.2) is 6.67 Å². The van der Waals surface area contributed by atoms with Crippen LogP contribution in [0.15, 0.2) is 48.5 Å². The highest BCUT2D eigenvalue weighted by Crippen LogP contribution is 2.25. The summed E-state index contributed by atoms with van der Waals surface area (Å²) in [6.45, 7) is 6.03. The first-order valence-electron chi connectivity index (χ1n) is 9.16. The summed E-state index contributed by atoms with van der Waals surface area (Å²) in [7, 11) is 0. The highest BCUT2D eigenvalue weighted by molar-refractivity contribution is 6.13. The average Bonchev–Trinajstić information content (AvgIpc) is 2.86. The quantitative estimate of drug-likeness (QED) is 0.858. The molecule has 2 atom stereocenters. The van der Waals surface area contributed by atoms with Gasteiger partial charge in [-0.3, -0.25) is 9.69 Å². The van der Waals surface area contributed by atoms with E-state index in [0.29, 0.717) is 6.67 Å². The Bertz CT molecular complexity index is 847. The zero-order chi connectivity index (χ0) is 18.3. The molecule has 0 aromatic heterocycles. The van der Waals surface area contributed by atoms with Crippen molar-refractivity contribution in [2.75, 3.05) is 18.1 Å². The number of hydrogen-bond acceptors (Lipinski definition) is 2. The lowest BCUT2D eigenvalue weighted by atomic mass is 10.0. The van der Waals surface area contributed by atoms with E-state index in [0.717, 1.165) is 30.8 Å². The molecule has 26 heavy (non-hydrogen) atoms. The molecule has 2 aliphatic rings. The molecule has 5 nitrogen and oxygen atoms in total. The number of nitrogens with one attached hydrogen (secondary N) is 1. The van der Waals surface area contributed by atoms with Gasteiger partial charge in [0, 0.05) is 17.7 Å². The van der Waals surface area contributed by atoms with E-state index in [1.54, 1.807) is 11.8 Å². The first-order valence-corrected chi connectivity index (χ1v) is 9.16. The number of imide groups is 1. The summed E-state index contributed by atoms with van der Waals surface area (Å²) in [6.07, 6.45) is 0.985. The molecule has 1 unspecified atom stereocenters. The van der Waals surface area contributed by atoms with Crippen molar-refractivity contribution in [3.05, 3.63) is 65.2 Å². The maximum absolute atomic E-state index is 12.9. The molecule has 4 rings (SSSR count). The van der Waals surface area contributed by atoms with Crippen LogP contribution < -0.4 is 9.80 Å². The Labute approximate surface area is 153 Å². The molecule has 5 heteroatoms. The van der Waals surface area contributed by atoms with Crippen molar-refractivity contribution in [3.63, 3.8) is 0 Å². The van der Waals surface area contributed by atoms with Crippen LogP contribution >= 0.6 is 0 Å². The molecule has 134 valence electrons. The summed E-state index contributed by atoms with van der Waals surface area (Å²) >= 11 is 0. The van der Waals surface area contributed by atoms with E-state index < -0.39 is 6.04 Å². The van der Waals surface area contributed by atoms with E-state index in [1.807, 2.05) is 31.2 Å². The lowest BCUT2D eigenvalue weighted by Gasteiger charge is -2.28. The van der Waals surface area contributed by atoms with Crippen LogP contribution in [-0.2, 0) is 17.8 Å². The van der Waals surface area contributed by atoms with E-state index in [9.17, 15) is 9.59 Å². The normalized spacial score (nSPS) is 22.7. The number of urea groups is 1. The second-order valence-corrected chi connectivity index (χ2v) is 7.28. The number of carbonyl (C=O) groups is 2. The van der Waals surface area contributed by atoms with Gasteiger partial charge in [0.25, 0.3) is 5.91 Å². The maximum Gasteiger partial charge on any atom is 0.336 e. The molecule has 1 saturated heterocycles. The van der Waals surface area contributed by atoms with Crippen molar-refractivity contribution in [2.45, 2.75) is 32.9 Å². The predicted octanol–water partition coefficient (Wildman–Crippen LogP) is 1.75. The van der Waals surface area contributed by atoms with E-state index in [4.69, 9.17) is 0 Å². The molecule has 0 spiro atoms. The molecular weight excluding hydrogens is 326 g/mol. The summed E-state index contributed by atoms with van der Waals surface area (Å²) in [4.78, 5) is 30.0. The molecule has 3 amide bonds. The number of nitrogens with zero attached hydrogens (tertiary/aromatic N) is 2. The maximum atomic E-state index is 12.9. The number of aryl methyl sites for hydroxylation is 1. The van der Waals surface area contributed by atoms with Crippen LogP contribution in [-0.4, -0.2) is 36.1 Å². The van der Waals surface area contributed by atoms with E-state index >= 15 is 0 Å². The minimum atomic E-state index is -0.457. The molecule has 0 saturated carbocycles. The molecule has 2 aliphatic heterocycles. The molecule has 1 fully saturated rings. The van der Waals surface area contributed by atoms with Crippen LogP contribution in [0, 0.1) is 6.92 Å². The fourth-order valence-electron chi connectivity index (χ4n) is 3.91. The van der Waals surface area contributed by atoms with Gasteiger partial charge < -0.3 is 4.90 Å². The van der Waals surface area contributed by atoms with E-state index in [1.165, 1.54) is 20.9 Å². The fourth-order valence-corrected chi connectivity index (χ4v) is 3.91. The topological polar surface area (TPSA) is 45.1 Å². The van der Waals surface area contributed by atoms with Crippen LogP contribution in [0.1, 0.15) is 23.6 Å². The molecule has 2 aromatic rings. The van der Waals surface area contributed by atoms with Crippen molar-refractivity contribution in [1.29, 1.82) is 0 Å². The van der Waals surface area contributed by atoms with Crippen LogP contribution in [0.5, 0.6) is 0 Å². The Morgan fingerprint density at radius 2 is 1.73 bits per heavy atom. The van der Waals surface area contributed by atoms with Crippen molar-refractivity contribution in [1.82, 2.24) is 4.90 Å². The molecule has 2 aromatic carbocycles. The van der Waals surface area contributed by atoms with Gasteiger partial charge in [-0.05, 0) is 31.5 Å². The van der Waals surface area contributed by atoms with E-state index in [2.05, 4.69) is 24.3 Å². The molecule has 1 N–H and O–H groups in total. The second-order valence-electron chi connectivity index (χ2n) is 7.28. The van der Waals surface area contributed by atoms with Crippen LogP contribution in [0.2, 0.25) is 0 Å². The van der Waals surface area contributed by atoms with Crippen molar-refractivity contribution < 1.29 is 14.5 Å². The Morgan fingerprint density at radius 3 is 2.46 bits per heavy atom.